The van der Waals surface area contributed by atoms with Gasteiger partial charge in [0.05, 0.1) is 11.7 Å². The number of aromatic nitrogens is 2. The van der Waals surface area contributed by atoms with E-state index < -0.39 is 0 Å². The third-order valence-corrected chi connectivity index (χ3v) is 3.76. The van der Waals surface area contributed by atoms with Gasteiger partial charge in [-0.2, -0.15) is 0 Å². The minimum absolute atomic E-state index is 0.198. The lowest BCUT2D eigenvalue weighted by Crippen LogP contribution is -2.23. The van der Waals surface area contributed by atoms with E-state index in [-0.39, 0.29) is 6.04 Å². The van der Waals surface area contributed by atoms with Crippen LogP contribution in [-0.2, 0) is 0 Å². The molecule has 2 aromatic heterocycles. The highest BCUT2D eigenvalue weighted by Gasteiger charge is 2.16. The molecular weight excluding hydrogens is 238 g/mol. The highest BCUT2D eigenvalue weighted by Crippen LogP contribution is 2.25. The van der Waals surface area contributed by atoms with Gasteiger partial charge >= 0.3 is 0 Å². The number of nitrogens with one attached hydrogen (secondary N) is 1. The van der Waals surface area contributed by atoms with Crippen molar-refractivity contribution in [1.82, 2.24) is 14.9 Å². The van der Waals surface area contributed by atoms with Crippen molar-refractivity contribution in [3.63, 3.8) is 0 Å². The minimum Gasteiger partial charge on any atom is -0.305 e. The van der Waals surface area contributed by atoms with Gasteiger partial charge in [0.25, 0.3) is 0 Å². The maximum atomic E-state index is 4.17. The first-order valence-corrected chi connectivity index (χ1v) is 7.08. The molecule has 1 N–H and O–H groups in total. The van der Waals surface area contributed by atoms with Gasteiger partial charge in [-0.15, -0.1) is 16.4 Å². The summed E-state index contributed by atoms with van der Waals surface area (Å²) in [5, 5.41) is 11.9. The van der Waals surface area contributed by atoms with E-state index >= 15 is 0 Å². The van der Waals surface area contributed by atoms with Crippen LogP contribution >= 0.6 is 22.9 Å². The normalized spacial score (nSPS) is 12.9. The Kier molecular flexibility index (Phi) is 4.04. The largest absolute Gasteiger partial charge is 0.305 e. The van der Waals surface area contributed by atoms with Crippen LogP contribution in [0.2, 0.25) is 0 Å². The van der Waals surface area contributed by atoms with Crippen molar-refractivity contribution < 1.29 is 0 Å². The van der Waals surface area contributed by atoms with Crippen LogP contribution < -0.4 is 5.32 Å². The first kappa shape index (κ1) is 11.7. The summed E-state index contributed by atoms with van der Waals surface area (Å²) in [4.78, 5) is 1.33. The number of hydrogen-bond donors (Lipinski definition) is 1. The molecule has 0 saturated carbocycles. The zero-order chi connectivity index (χ0) is 11.4. The Hall–Kier alpha value is -0.780. The van der Waals surface area contributed by atoms with Crippen LogP contribution in [0.5, 0.6) is 0 Å². The molecule has 2 aromatic rings. The summed E-state index contributed by atoms with van der Waals surface area (Å²) in [5.74, 6) is 0. The van der Waals surface area contributed by atoms with E-state index in [1.807, 2.05) is 5.38 Å². The van der Waals surface area contributed by atoms with E-state index in [4.69, 9.17) is 0 Å². The SMILES string of the molecule is CCCNC(c1csc(C)c1)c1csnn1. The summed E-state index contributed by atoms with van der Waals surface area (Å²) in [6.45, 7) is 5.30. The van der Waals surface area contributed by atoms with Crippen LogP contribution in [0.25, 0.3) is 0 Å². The highest BCUT2D eigenvalue weighted by molar-refractivity contribution is 7.10. The Labute approximate surface area is 104 Å². The topological polar surface area (TPSA) is 37.8 Å². The Morgan fingerprint density at radius 1 is 1.44 bits per heavy atom. The molecule has 5 heteroatoms. The molecule has 0 aromatic carbocycles. The smallest absolute Gasteiger partial charge is 0.0970 e. The van der Waals surface area contributed by atoms with Crippen molar-refractivity contribution in [3.8, 4) is 0 Å². The molecule has 1 atom stereocenters. The van der Waals surface area contributed by atoms with Gasteiger partial charge in [-0.1, -0.05) is 11.4 Å². The van der Waals surface area contributed by atoms with Gasteiger partial charge in [0, 0.05) is 10.3 Å². The van der Waals surface area contributed by atoms with Crippen LogP contribution in [0.15, 0.2) is 16.8 Å². The molecule has 0 spiro atoms. The van der Waals surface area contributed by atoms with Crippen molar-refractivity contribution in [1.29, 1.82) is 0 Å². The van der Waals surface area contributed by atoms with Crippen molar-refractivity contribution in [3.05, 3.63) is 33.0 Å². The van der Waals surface area contributed by atoms with E-state index in [9.17, 15) is 0 Å². The van der Waals surface area contributed by atoms with Gasteiger partial charge < -0.3 is 5.32 Å². The van der Waals surface area contributed by atoms with Crippen molar-refractivity contribution in [2.24, 2.45) is 0 Å². The van der Waals surface area contributed by atoms with Crippen LogP contribution in [0, 0.1) is 6.92 Å². The van der Waals surface area contributed by atoms with Gasteiger partial charge in [-0.25, -0.2) is 0 Å². The summed E-state index contributed by atoms with van der Waals surface area (Å²) < 4.78 is 3.94. The minimum atomic E-state index is 0.198. The summed E-state index contributed by atoms with van der Waals surface area (Å²) in [6.07, 6.45) is 1.12. The number of aryl methyl sites for hydroxylation is 1. The van der Waals surface area contributed by atoms with Gasteiger partial charge in [0.2, 0.25) is 0 Å². The van der Waals surface area contributed by atoms with Crippen LogP contribution in [0.3, 0.4) is 0 Å². The second-order valence-corrected chi connectivity index (χ2v) is 5.43. The van der Waals surface area contributed by atoms with Crippen molar-refractivity contribution >= 4 is 22.9 Å². The summed E-state index contributed by atoms with van der Waals surface area (Å²) in [5.41, 5.74) is 2.32. The zero-order valence-corrected chi connectivity index (χ0v) is 11.1. The number of nitrogens with zero attached hydrogens (tertiary/aromatic N) is 2. The average molecular weight is 253 g/mol. The molecule has 0 amide bonds. The molecule has 0 bridgehead atoms. The third kappa shape index (κ3) is 2.66. The molecule has 0 radical (unpaired) electrons. The van der Waals surface area contributed by atoms with E-state index in [0.717, 1.165) is 18.7 Å². The quantitative estimate of drug-likeness (QED) is 0.890. The molecule has 3 nitrogen and oxygen atoms in total. The molecule has 0 saturated heterocycles. The number of thiophene rings is 1. The summed E-state index contributed by atoms with van der Waals surface area (Å²) >= 11 is 3.18. The predicted molar refractivity (Wildman–Crippen MR) is 69.1 cm³/mol. The first-order chi connectivity index (χ1) is 7.81. The maximum Gasteiger partial charge on any atom is 0.0970 e. The number of rotatable bonds is 5. The van der Waals surface area contributed by atoms with Crippen molar-refractivity contribution in [2.75, 3.05) is 6.54 Å². The molecular formula is C11H15N3S2. The second-order valence-electron chi connectivity index (χ2n) is 3.71. The molecule has 0 aliphatic rings. The van der Waals surface area contributed by atoms with Gasteiger partial charge in [-0.05, 0) is 48.4 Å². The average Bonchev–Trinajstić information content (AvgIpc) is 2.91. The zero-order valence-electron chi connectivity index (χ0n) is 9.43. The van der Waals surface area contributed by atoms with E-state index in [0.29, 0.717) is 0 Å². The summed E-state index contributed by atoms with van der Waals surface area (Å²) in [7, 11) is 0. The van der Waals surface area contributed by atoms with Gasteiger partial charge in [0.1, 0.15) is 0 Å². The van der Waals surface area contributed by atoms with E-state index in [1.54, 1.807) is 11.3 Å². The Bertz CT molecular complexity index is 422. The highest BCUT2D eigenvalue weighted by atomic mass is 32.1. The monoisotopic (exact) mass is 253 g/mol. The molecule has 0 aliphatic carbocycles. The van der Waals surface area contributed by atoms with E-state index in [2.05, 4.69) is 40.2 Å². The molecule has 2 rings (SSSR count). The van der Waals surface area contributed by atoms with Gasteiger partial charge in [-0.3, -0.25) is 0 Å². The molecule has 16 heavy (non-hydrogen) atoms. The lowest BCUT2D eigenvalue weighted by Gasteiger charge is -2.14. The van der Waals surface area contributed by atoms with Crippen molar-refractivity contribution in [2.45, 2.75) is 26.3 Å². The van der Waals surface area contributed by atoms with Gasteiger partial charge in [0.15, 0.2) is 0 Å². The Morgan fingerprint density at radius 2 is 2.31 bits per heavy atom. The lowest BCUT2D eigenvalue weighted by molar-refractivity contribution is 0.586. The second kappa shape index (κ2) is 5.52. The molecule has 0 aliphatic heterocycles. The third-order valence-electron chi connectivity index (χ3n) is 2.36. The summed E-state index contributed by atoms with van der Waals surface area (Å²) in [6, 6.07) is 2.42. The fourth-order valence-corrected chi connectivity index (χ4v) is 2.80. The standard InChI is InChI=1S/C11H15N3S2/c1-3-4-12-11(10-7-16-14-13-10)9-5-8(2)15-6-9/h5-7,11-12H,3-4H2,1-2H3. The molecule has 1 unspecified atom stereocenters. The predicted octanol–water partition coefficient (Wildman–Crippen LogP) is 3.00. The molecule has 2 heterocycles. The number of hydrogen-bond acceptors (Lipinski definition) is 5. The first-order valence-electron chi connectivity index (χ1n) is 5.36. The van der Waals surface area contributed by atoms with Crippen LogP contribution in [0.4, 0.5) is 0 Å². The fraction of sp³-hybridized carbons (Fsp3) is 0.455. The lowest BCUT2D eigenvalue weighted by atomic mass is 10.1. The Balaban J connectivity index is 2.21. The Morgan fingerprint density at radius 3 is 2.88 bits per heavy atom. The maximum absolute atomic E-state index is 4.17. The fourth-order valence-electron chi connectivity index (χ4n) is 1.59. The van der Waals surface area contributed by atoms with E-state index in [1.165, 1.54) is 22.0 Å². The van der Waals surface area contributed by atoms with Crippen LogP contribution in [0.1, 0.15) is 35.5 Å². The molecule has 0 fully saturated rings. The van der Waals surface area contributed by atoms with Crippen LogP contribution in [-0.4, -0.2) is 16.1 Å². The molecule has 86 valence electrons.